The fourth-order valence-corrected chi connectivity index (χ4v) is 4.34. The van der Waals surface area contributed by atoms with Crippen molar-refractivity contribution in [2.24, 2.45) is 0 Å². The molecule has 0 bridgehead atoms. The molecule has 0 radical (unpaired) electrons. The summed E-state index contributed by atoms with van der Waals surface area (Å²) in [5, 5.41) is 0. The number of imide groups is 1. The quantitative estimate of drug-likeness (QED) is 0.270. The Morgan fingerprint density at radius 3 is 2.03 bits per heavy atom. The van der Waals surface area contributed by atoms with Crippen molar-refractivity contribution in [1.29, 1.82) is 0 Å². The fraction of sp³-hybridized carbons (Fsp3) is 0.429. The molecule has 0 aliphatic carbocycles. The van der Waals surface area contributed by atoms with Crippen LogP contribution in [0.3, 0.4) is 0 Å². The van der Waals surface area contributed by atoms with Crippen LogP contribution < -0.4 is 0 Å². The zero-order valence-corrected chi connectivity index (χ0v) is 19.9. The molecule has 2 amide bonds. The van der Waals surface area contributed by atoms with Gasteiger partial charge in [0.2, 0.25) is 0 Å². The molecule has 2 aromatic carbocycles. The molecule has 0 saturated heterocycles. The average Bonchev–Trinajstić information content (AvgIpc) is 3.06. The van der Waals surface area contributed by atoms with Gasteiger partial charge in [0.1, 0.15) is 11.5 Å². The summed E-state index contributed by atoms with van der Waals surface area (Å²) in [4.78, 5) is 29.9. The summed E-state index contributed by atoms with van der Waals surface area (Å²) in [7, 11) is 1.83. The number of rotatable bonds is 13. The van der Waals surface area contributed by atoms with E-state index in [2.05, 4.69) is 6.92 Å². The number of halogens is 1. The van der Waals surface area contributed by atoms with Gasteiger partial charge >= 0.3 is 0 Å². The molecule has 0 aromatic heterocycles. The number of hydrogen-bond donors (Lipinski definition) is 0. The van der Waals surface area contributed by atoms with Gasteiger partial charge in [-0.15, -0.1) is 0 Å². The Labute approximate surface area is 197 Å². The highest BCUT2D eigenvalue weighted by Gasteiger charge is 2.40. The summed E-state index contributed by atoms with van der Waals surface area (Å²) in [6, 6.07) is 15.7. The second-order valence-electron chi connectivity index (χ2n) is 8.81. The molecule has 0 saturated carbocycles. The summed E-state index contributed by atoms with van der Waals surface area (Å²) >= 11 is 0. The lowest BCUT2D eigenvalue weighted by Crippen LogP contribution is -2.34. The lowest BCUT2D eigenvalue weighted by Gasteiger charge is -2.21. The second kappa shape index (κ2) is 12.3. The predicted octanol–water partition coefficient (Wildman–Crippen LogP) is 6.18. The van der Waals surface area contributed by atoms with Gasteiger partial charge in [-0.2, -0.15) is 0 Å². The first-order chi connectivity index (χ1) is 16.0. The maximum Gasteiger partial charge on any atom is 0.277 e. The van der Waals surface area contributed by atoms with Crippen LogP contribution in [0.5, 0.6) is 0 Å². The van der Waals surface area contributed by atoms with Crippen molar-refractivity contribution in [2.45, 2.75) is 64.8 Å². The molecule has 0 unspecified atom stereocenters. The van der Waals surface area contributed by atoms with E-state index >= 15 is 0 Å². The molecule has 176 valence electrons. The summed E-state index contributed by atoms with van der Waals surface area (Å²) in [6.07, 6.45) is 9.19. The van der Waals surface area contributed by atoms with Crippen molar-refractivity contribution < 1.29 is 14.0 Å². The monoisotopic (exact) mass is 450 g/mol. The minimum absolute atomic E-state index is 0.263. The fourth-order valence-electron chi connectivity index (χ4n) is 4.34. The summed E-state index contributed by atoms with van der Waals surface area (Å²) in [5.41, 5.74) is 2.36. The molecule has 1 aliphatic rings. The Hall–Kier alpha value is -2.95. The van der Waals surface area contributed by atoms with E-state index in [9.17, 15) is 14.0 Å². The van der Waals surface area contributed by atoms with E-state index in [-0.39, 0.29) is 17.6 Å². The highest BCUT2D eigenvalue weighted by molar-refractivity contribution is 6.35. The molecule has 0 N–H and O–H groups in total. The van der Waals surface area contributed by atoms with Crippen molar-refractivity contribution in [1.82, 2.24) is 9.80 Å². The Morgan fingerprint density at radius 1 is 0.788 bits per heavy atom. The van der Waals surface area contributed by atoms with E-state index in [0.717, 1.165) is 24.8 Å². The lowest BCUT2D eigenvalue weighted by atomic mass is 10.0. The van der Waals surface area contributed by atoms with E-state index in [1.807, 2.05) is 42.3 Å². The van der Waals surface area contributed by atoms with Crippen molar-refractivity contribution in [2.75, 3.05) is 13.6 Å². The number of carbonyl (C=O) groups excluding carboxylic acids is 2. The Morgan fingerprint density at radius 2 is 1.39 bits per heavy atom. The smallest absolute Gasteiger partial charge is 0.277 e. The average molecular weight is 451 g/mol. The zero-order valence-electron chi connectivity index (χ0n) is 19.9. The van der Waals surface area contributed by atoms with Gasteiger partial charge in [-0.05, 0) is 29.7 Å². The first-order valence-electron chi connectivity index (χ1n) is 12.1. The van der Waals surface area contributed by atoms with Crippen LogP contribution >= 0.6 is 0 Å². The number of likely N-dealkylation sites (N-methyl/N-ethyl adjacent to an activating group) is 1. The van der Waals surface area contributed by atoms with Crippen LogP contribution in [-0.4, -0.2) is 35.2 Å². The maximum atomic E-state index is 13.5. The van der Waals surface area contributed by atoms with E-state index in [0.29, 0.717) is 29.9 Å². The minimum Gasteiger partial charge on any atom is -0.365 e. The minimum atomic E-state index is -0.369. The lowest BCUT2D eigenvalue weighted by molar-refractivity contribution is -0.137. The van der Waals surface area contributed by atoms with Crippen LogP contribution in [0.4, 0.5) is 4.39 Å². The molecule has 1 heterocycles. The molecule has 0 spiro atoms. The summed E-state index contributed by atoms with van der Waals surface area (Å²) in [5.74, 6) is -0.920. The molecule has 5 heteroatoms. The van der Waals surface area contributed by atoms with E-state index in [1.165, 1.54) is 49.1 Å². The van der Waals surface area contributed by atoms with Gasteiger partial charge in [0.25, 0.3) is 11.8 Å². The summed E-state index contributed by atoms with van der Waals surface area (Å²) < 4.78 is 13.5. The topological polar surface area (TPSA) is 40.6 Å². The third-order valence-electron chi connectivity index (χ3n) is 6.16. The van der Waals surface area contributed by atoms with E-state index in [1.54, 1.807) is 12.1 Å². The third-order valence-corrected chi connectivity index (χ3v) is 6.16. The van der Waals surface area contributed by atoms with E-state index in [4.69, 9.17) is 0 Å². The number of hydrogen-bond acceptors (Lipinski definition) is 3. The van der Waals surface area contributed by atoms with Gasteiger partial charge in [0.05, 0.1) is 5.57 Å². The molecule has 0 atom stereocenters. The van der Waals surface area contributed by atoms with Crippen LogP contribution in [0.15, 0.2) is 60.3 Å². The van der Waals surface area contributed by atoms with Crippen LogP contribution in [-0.2, 0) is 16.1 Å². The van der Waals surface area contributed by atoms with Crippen LogP contribution in [0.25, 0.3) is 5.57 Å². The van der Waals surface area contributed by atoms with Crippen molar-refractivity contribution in [3.05, 3.63) is 77.2 Å². The molecular formula is C28H35FN2O2. The molecule has 4 nitrogen and oxygen atoms in total. The first-order valence-corrected chi connectivity index (χ1v) is 12.1. The molecule has 1 aliphatic heterocycles. The molecule has 3 rings (SSSR count). The largest absolute Gasteiger partial charge is 0.365 e. The Kier molecular flexibility index (Phi) is 9.23. The highest BCUT2D eigenvalue weighted by Crippen LogP contribution is 2.32. The standard InChI is InChI=1S/C28H35FN2O2/c1-3-4-5-6-7-8-9-13-20-31-27(32)25(23-16-18-24(29)19-17-23)26(28(31)33)30(2)21-22-14-11-10-12-15-22/h10-12,14-19H,3-9,13,20-21H2,1-2H3. The van der Waals surface area contributed by atoms with Crippen LogP contribution in [0.1, 0.15) is 69.4 Å². The van der Waals surface area contributed by atoms with Gasteiger partial charge in [0, 0.05) is 20.1 Å². The maximum absolute atomic E-state index is 13.5. The molecule has 0 fully saturated rings. The number of carbonyl (C=O) groups is 2. The number of nitrogens with zero attached hydrogens (tertiary/aromatic N) is 2. The predicted molar refractivity (Wildman–Crippen MR) is 131 cm³/mol. The Balaban J connectivity index is 1.71. The SMILES string of the molecule is CCCCCCCCCCN1C(=O)C(c2ccc(F)cc2)=C(N(C)Cc2ccccc2)C1=O. The molecule has 33 heavy (non-hydrogen) atoms. The van der Waals surface area contributed by atoms with Gasteiger partial charge in [-0.1, -0.05) is 94.3 Å². The molecule has 2 aromatic rings. The third kappa shape index (κ3) is 6.53. The van der Waals surface area contributed by atoms with Crippen LogP contribution in [0, 0.1) is 5.82 Å². The van der Waals surface area contributed by atoms with E-state index < -0.39 is 0 Å². The van der Waals surface area contributed by atoms with Crippen LogP contribution in [0.2, 0.25) is 0 Å². The number of unbranched alkanes of at least 4 members (excludes halogenated alkanes) is 7. The number of benzene rings is 2. The first kappa shape index (κ1) is 24.7. The Bertz CT molecular complexity index is 954. The second-order valence-corrected chi connectivity index (χ2v) is 8.81. The normalized spacial score (nSPS) is 13.8. The van der Waals surface area contributed by atoms with Crippen molar-refractivity contribution >= 4 is 17.4 Å². The van der Waals surface area contributed by atoms with Crippen molar-refractivity contribution in [3.8, 4) is 0 Å². The zero-order chi connectivity index (χ0) is 23.6. The number of amides is 2. The van der Waals surface area contributed by atoms with Gasteiger partial charge in [-0.3, -0.25) is 14.5 Å². The summed E-state index contributed by atoms with van der Waals surface area (Å²) in [6.45, 7) is 3.13. The van der Waals surface area contributed by atoms with Gasteiger partial charge in [0.15, 0.2) is 0 Å². The highest BCUT2D eigenvalue weighted by atomic mass is 19.1. The van der Waals surface area contributed by atoms with Gasteiger partial charge in [-0.25, -0.2) is 4.39 Å². The molecular weight excluding hydrogens is 415 g/mol. The van der Waals surface area contributed by atoms with Crippen molar-refractivity contribution in [3.63, 3.8) is 0 Å². The van der Waals surface area contributed by atoms with Gasteiger partial charge < -0.3 is 4.90 Å².